The first-order valence-electron chi connectivity index (χ1n) is 12.8. The van der Waals surface area contributed by atoms with E-state index in [1.165, 1.54) is 83.1 Å². The van der Waals surface area contributed by atoms with E-state index in [4.69, 9.17) is 9.53 Å². The molecular formula is C28H44FNO2. The third kappa shape index (κ3) is 8.69. The van der Waals surface area contributed by atoms with Crippen LogP contribution in [0.5, 0.6) is 5.75 Å². The minimum Gasteiger partial charge on any atom is -0.475 e. The standard InChI is InChI=1S/C25H40FNO.C3H4O/c1-3-4-5-6-19-7-9-20(10-8-19)21-11-13-22(14-12-21)23-15-16-25(24(26)17-23)28-18-27-2;1-2-3-4/h15-17,19-22,27H,3-14,18H2,1-2H3;2-3H,1H2. The summed E-state index contributed by atoms with van der Waals surface area (Å²) in [5, 5.41) is 2.88. The van der Waals surface area contributed by atoms with E-state index in [9.17, 15) is 4.39 Å². The fraction of sp³-hybridized carbons (Fsp3) is 0.679. The van der Waals surface area contributed by atoms with Crippen molar-refractivity contribution in [2.45, 2.75) is 89.9 Å². The highest BCUT2D eigenvalue weighted by Gasteiger charge is 2.31. The third-order valence-corrected chi connectivity index (χ3v) is 7.44. The van der Waals surface area contributed by atoms with Crippen molar-refractivity contribution < 1.29 is 13.9 Å². The first-order valence-corrected chi connectivity index (χ1v) is 12.8. The van der Waals surface area contributed by atoms with Gasteiger partial charge in [-0.05, 0) is 93.0 Å². The van der Waals surface area contributed by atoms with Gasteiger partial charge in [0.15, 0.2) is 11.6 Å². The SMILES string of the molecule is C=CC=O.CCCCCC1CCC(C2CCC(c3ccc(OCNC)c(F)c3)CC2)CC1. The van der Waals surface area contributed by atoms with E-state index in [-0.39, 0.29) is 5.82 Å². The molecule has 32 heavy (non-hydrogen) atoms. The highest BCUT2D eigenvalue weighted by Crippen LogP contribution is 2.44. The summed E-state index contributed by atoms with van der Waals surface area (Å²) in [6.07, 6.45) is 18.4. The van der Waals surface area contributed by atoms with E-state index in [0.29, 0.717) is 24.7 Å². The number of unbranched alkanes of at least 4 members (excludes halogenated alkanes) is 2. The zero-order chi connectivity index (χ0) is 23.2. The molecule has 2 fully saturated rings. The van der Waals surface area contributed by atoms with E-state index >= 15 is 0 Å². The highest BCUT2D eigenvalue weighted by atomic mass is 19.1. The highest BCUT2D eigenvalue weighted by molar-refractivity contribution is 5.63. The van der Waals surface area contributed by atoms with Gasteiger partial charge in [-0.1, -0.05) is 58.1 Å². The van der Waals surface area contributed by atoms with Gasteiger partial charge >= 0.3 is 0 Å². The van der Waals surface area contributed by atoms with Crippen LogP contribution in [-0.2, 0) is 4.79 Å². The molecule has 2 aliphatic rings. The van der Waals surface area contributed by atoms with Crippen molar-refractivity contribution in [1.29, 1.82) is 0 Å². The molecule has 0 amide bonds. The maximum absolute atomic E-state index is 14.3. The van der Waals surface area contributed by atoms with Gasteiger partial charge in [-0.2, -0.15) is 0 Å². The van der Waals surface area contributed by atoms with Crippen LogP contribution in [0.1, 0.15) is 95.5 Å². The molecule has 3 rings (SSSR count). The summed E-state index contributed by atoms with van der Waals surface area (Å²) in [5.41, 5.74) is 1.16. The van der Waals surface area contributed by atoms with Gasteiger partial charge in [0.05, 0.1) is 0 Å². The van der Waals surface area contributed by atoms with Gasteiger partial charge in [-0.25, -0.2) is 4.39 Å². The van der Waals surface area contributed by atoms with E-state index < -0.39 is 0 Å². The van der Waals surface area contributed by atoms with Crippen molar-refractivity contribution in [2.24, 2.45) is 17.8 Å². The molecule has 1 aromatic rings. The molecule has 1 N–H and O–H groups in total. The fourth-order valence-corrected chi connectivity index (χ4v) is 5.59. The van der Waals surface area contributed by atoms with Crippen molar-refractivity contribution in [2.75, 3.05) is 13.8 Å². The van der Waals surface area contributed by atoms with Gasteiger partial charge in [0, 0.05) is 0 Å². The average molecular weight is 446 g/mol. The molecule has 0 saturated heterocycles. The lowest BCUT2D eigenvalue weighted by atomic mass is 9.68. The molecule has 4 heteroatoms. The molecule has 1 aromatic carbocycles. The summed E-state index contributed by atoms with van der Waals surface area (Å²) in [6, 6.07) is 5.58. The maximum atomic E-state index is 14.3. The smallest absolute Gasteiger partial charge is 0.165 e. The molecule has 0 heterocycles. The molecule has 0 spiro atoms. The Bertz CT molecular complexity index is 655. The number of hydrogen-bond acceptors (Lipinski definition) is 3. The van der Waals surface area contributed by atoms with E-state index in [1.54, 1.807) is 19.2 Å². The molecule has 0 radical (unpaired) electrons. The number of halogens is 1. The summed E-state index contributed by atoms with van der Waals surface area (Å²) in [4.78, 5) is 9.06. The van der Waals surface area contributed by atoms with Crippen LogP contribution in [-0.4, -0.2) is 20.1 Å². The number of nitrogens with one attached hydrogen (secondary N) is 1. The molecule has 2 aliphatic carbocycles. The minimum atomic E-state index is -0.226. The Balaban J connectivity index is 0.000000837. The van der Waals surface area contributed by atoms with Crippen LogP contribution in [0.3, 0.4) is 0 Å². The number of carbonyl (C=O) groups is 1. The Kier molecular flexibility index (Phi) is 12.6. The Morgan fingerprint density at radius 3 is 2.22 bits per heavy atom. The van der Waals surface area contributed by atoms with E-state index in [2.05, 4.69) is 24.9 Å². The summed E-state index contributed by atoms with van der Waals surface area (Å²) in [5.74, 6) is 3.52. The number of carbonyl (C=O) groups excluding carboxylic acids is 1. The molecule has 180 valence electrons. The lowest BCUT2D eigenvalue weighted by molar-refractivity contribution is -0.104. The van der Waals surface area contributed by atoms with Gasteiger partial charge in [0.25, 0.3) is 0 Å². The van der Waals surface area contributed by atoms with Gasteiger partial charge in [-0.3, -0.25) is 10.1 Å². The van der Waals surface area contributed by atoms with E-state index in [1.807, 2.05) is 0 Å². The number of rotatable bonds is 10. The second-order valence-electron chi connectivity index (χ2n) is 9.59. The molecule has 0 unspecified atom stereocenters. The Hall–Kier alpha value is -1.68. The van der Waals surface area contributed by atoms with Crippen LogP contribution in [0.2, 0.25) is 0 Å². The second-order valence-corrected chi connectivity index (χ2v) is 9.59. The minimum absolute atomic E-state index is 0.226. The lowest BCUT2D eigenvalue weighted by Gasteiger charge is -2.38. The summed E-state index contributed by atoms with van der Waals surface area (Å²) in [7, 11) is 1.80. The van der Waals surface area contributed by atoms with E-state index in [0.717, 1.165) is 23.3 Å². The Morgan fingerprint density at radius 2 is 1.69 bits per heavy atom. The van der Waals surface area contributed by atoms with Crippen molar-refractivity contribution in [3.05, 3.63) is 42.2 Å². The quantitative estimate of drug-likeness (QED) is 0.176. The summed E-state index contributed by atoms with van der Waals surface area (Å²) < 4.78 is 19.7. The molecule has 0 atom stereocenters. The molecule has 0 aromatic heterocycles. The van der Waals surface area contributed by atoms with Crippen LogP contribution < -0.4 is 10.1 Å². The van der Waals surface area contributed by atoms with Gasteiger partial charge in [-0.15, -0.1) is 0 Å². The topological polar surface area (TPSA) is 38.3 Å². The number of benzene rings is 1. The maximum Gasteiger partial charge on any atom is 0.165 e. The molecule has 0 aliphatic heterocycles. The van der Waals surface area contributed by atoms with Crippen molar-refractivity contribution >= 4 is 6.29 Å². The molecule has 3 nitrogen and oxygen atoms in total. The zero-order valence-corrected chi connectivity index (χ0v) is 20.3. The zero-order valence-electron chi connectivity index (χ0n) is 20.3. The summed E-state index contributed by atoms with van der Waals surface area (Å²) in [6.45, 7) is 5.75. The first kappa shape index (κ1) is 26.6. The van der Waals surface area contributed by atoms with Gasteiger partial charge in [0.2, 0.25) is 0 Å². The monoisotopic (exact) mass is 445 g/mol. The number of ether oxygens (including phenoxy) is 1. The number of hydrogen-bond donors (Lipinski definition) is 1. The first-order chi connectivity index (χ1) is 15.6. The van der Waals surface area contributed by atoms with Crippen LogP contribution in [0.15, 0.2) is 30.9 Å². The molecule has 2 saturated carbocycles. The average Bonchev–Trinajstić information content (AvgIpc) is 2.84. The van der Waals surface area contributed by atoms with Crippen LogP contribution in [0.25, 0.3) is 0 Å². The Morgan fingerprint density at radius 1 is 1.06 bits per heavy atom. The molecular weight excluding hydrogens is 401 g/mol. The number of aldehydes is 1. The predicted molar refractivity (Wildman–Crippen MR) is 132 cm³/mol. The second kappa shape index (κ2) is 15.2. The Labute approximate surface area is 195 Å². The fourth-order valence-electron chi connectivity index (χ4n) is 5.59. The van der Waals surface area contributed by atoms with Crippen LogP contribution in [0.4, 0.5) is 4.39 Å². The van der Waals surface area contributed by atoms with Crippen LogP contribution >= 0.6 is 0 Å². The van der Waals surface area contributed by atoms with Gasteiger partial charge in [0.1, 0.15) is 13.0 Å². The normalized spacial score (nSPS) is 25.3. The van der Waals surface area contributed by atoms with Crippen molar-refractivity contribution in [3.63, 3.8) is 0 Å². The van der Waals surface area contributed by atoms with Crippen molar-refractivity contribution in [3.8, 4) is 5.75 Å². The van der Waals surface area contributed by atoms with Crippen molar-refractivity contribution in [1.82, 2.24) is 5.32 Å². The van der Waals surface area contributed by atoms with Crippen LogP contribution in [0, 0.1) is 23.6 Å². The van der Waals surface area contributed by atoms with Gasteiger partial charge < -0.3 is 4.74 Å². The third-order valence-electron chi connectivity index (χ3n) is 7.44. The molecule has 0 bridgehead atoms. The predicted octanol–water partition coefficient (Wildman–Crippen LogP) is 7.41. The summed E-state index contributed by atoms with van der Waals surface area (Å²) >= 11 is 0. The number of allylic oxidation sites excluding steroid dienone is 1. The largest absolute Gasteiger partial charge is 0.475 e. The lowest BCUT2D eigenvalue weighted by Crippen LogP contribution is -2.25.